The molecule has 36 heavy (non-hydrogen) atoms. The first kappa shape index (κ1) is 24.3. The molecule has 2 aliphatic heterocycles. The van der Waals surface area contributed by atoms with Crippen LogP contribution in [0.15, 0.2) is 66.7 Å². The lowest BCUT2D eigenvalue weighted by atomic mass is 9.79. The van der Waals surface area contributed by atoms with Gasteiger partial charge in [-0.3, -0.25) is 4.79 Å². The molecule has 1 spiro atoms. The molecule has 3 aromatic carbocycles. The molecule has 2 fully saturated rings. The molecular formula is C30H34N2O4. The number of benzene rings is 3. The maximum absolute atomic E-state index is 11.8. The summed E-state index contributed by atoms with van der Waals surface area (Å²) in [6.07, 6.45) is 1.31. The molecule has 0 aliphatic carbocycles. The third kappa shape index (κ3) is 5.25. The van der Waals surface area contributed by atoms with Crippen molar-refractivity contribution in [1.82, 2.24) is 0 Å². The Kier molecular flexibility index (Phi) is 6.99. The van der Waals surface area contributed by atoms with E-state index in [0.29, 0.717) is 17.8 Å². The molecule has 0 radical (unpaired) electrons. The van der Waals surface area contributed by atoms with Gasteiger partial charge in [-0.1, -0.05) is 36.4 Å². The number of carbonyl (C=O) groups is 1. The normalized spacial score (nSPS) is 17.0. The highest BCUT2D eigenvalue weighted by molar-refractivity contribution is 5.73. The fourth-order valence-corrected chi connectivity index (χ4v) is 5.13. The number of methoxy groups -OCH3 is 1. The standard InChI is InChI=1S/C30H34N2O4/c1-21(31)23-7-5-8-24(14-23)26-12-22(13-27(15-26)32-18-30(19-32)10-11-35-20-30)17-36-28-9-4-3-6-25(28)16-29(33)34-2/h3-9,12-15,21H,10-11,16-20,31H2,1-2H3. The lowest BCUT2D eigenvalue weighted by Gasteiger charge is -2.48. The zero-order valence-electron chi connectivity index (χ0n) is 21.0. The third-order valence-corrected chi connectivity index (χ3v) is 7.26. The van der Waals surface area contributed by atoms with E-state index in [9.17, 15) is 4.79 Å². The molecule has 188 valence electrons. The number of nitrogens with zero attached hydrogens (tertiary/aromatic N) is 1. The van der Waals surface area contributed by atoms with E-state index in [1.807, 2.05) is 31.2 Å². The number of hydrogen-bond donors (Lipinski definition) is 1. The van der Waals surface area contributed by atoms with Gasteiger partial charge >= 0.3 is 5.97 Å². The predicted octanol–water partition coefficient (Wildman–Crippen LogP) is 4.89. The first-order valence-electron chi connectivity index (χ1n) is 12.5. The number of para-hydroxylation sites is 1. The molecule has 0 amide bonds. The van der Waals surface area contributed by atoms with Crippen LogP contribution in [0.3, 0.4) is 0 Å². The highest BCUT2D eigenvalue weighted by Gasteiger charge is 2.45. The maximum Gasteiger partial charge on any atom is 0.310 e. The van der Waals surface area contributed by atoms with E-state index in [2.05, 4.69) is 47.4 Å². The first-order chi connectivity index (χ1) is 17.4. The molecule has 5 rings (SSSR count). The summed E-state index contributed by atoms with van der Waals surface area (Å²) in [5.74, 6) is 0.409. The molecular weight excluding hydrogens is 452 g/mol. The van der Waals surface area contributed by atoms with Crippen LogP contribution in [0.2, 0.25) is 0 Å². The second-order valence-electron chi connectivity index (χ2n) is 10.1. The Labute approximate surface area is 213 Å². The summed E-state index contributed by atoms with van der Waals surface area (Å²) in [5, 5.41) is 0. The summed E-state index contributed by atoms with van der Waals surface area (Å²) >= 11 is 0. The quantitative estimate of drug-likeness (QED) is 0.457. The van der Waals surface area contributed by atoms with Crippen molar-refractivity contribution in [3.05, 3.63) is 83.4 Å². The minimum absolute atomic E-state index is 0.0279. The monoisotopic (exact) mass is 486 g/mol. The van der Waals surface area contributed by atoms with Crippen LogP contribution < -0.4 is 15.4 Å². The second-order valence-corrected chi connectivity index (χ2v) is 10.1. The van der Waals surface area contributed by atoms with Crippen molar-refractivity contribution in [2.45, 2.75) is 32.4 Å². The van der Waals surface area contributed by atoms with E-state index in [1.165, 1.54) is 12.8 Å². The van der Waals surface area contributed by atoms with Crippen molar-refractivity contribution >= 4 is 11.7 Å². The highest BCUT2D eigenvalue weighted by Crippen LogP contribution is 2.42. The number of nitrogens with two attached hydrogens (primary N) is 1. The number of anilines is 1. The maximum atomic E-state index is 11.8. The Balaban J connectivity index is 1.42. The third-order valence-electron chi connectivity index (χ3n) is 7.26. The Bertz CT molecular complexity index is 1230. The number of hydrogen-bond acceptors (Lipinski definition) is 6. The SMILES string of the molecule is COC(=O)Cc1ccccc1OCc1cc(-c2cccc(C(C)N)c2)cc(N2CC3(CCOC3)C2)c1. The van der Waals surface area contributed by atoms with E-state index in [0.717, 1.165) is 60.5 Å². The smallest absolute Gasteiger partial charge is 0.310 e. The van der Waals surface area contributed by atoms with E-state index in [-0.39, 0.29) is 18.4 Å². The molecule has 2 heterocycles. The first-order valence-corrected chi connectivity index (χ1v) is 12.5. The van der Waals surface area contributed by atoms with Gasteiger partial charge < -0.3 is 24.8 Å². The van der Waals surface area contributed by atoms with E-state index in [1.54, 1.807) is 0 Å². The van der Waals surface area contributed by atoms with Crippen molar-refractivity contribution in [2.75, 3.05) is 38.3 Å². The molecule has 2 N–H and O–H groups in total. The number of esters is 1. The van der Waals surface area contributed by atoms with Crippen LogP contribution in [-0.4, -0.2) is 39.4 Å². The average molecular weight is 487 g/mol. The zero-order valence-corrected chi connectivity index (χ0v) is 21.0. The summed E-state index contributed by atoms with van der Waals surface area (Å²) in [5.41, 5.74) is 12.9. The second kappa shape index (κ2) is 10.3. The van der Waals surface area contributed by atoms with Crippen molar-refractivity contribution in [3.8, 4) is 16.9 Å². The fourth-order valence-electron chi connectivity index (χ4n) is 5.13. The van der Waals surface area contributed by atoms with E-state index >= 15 is 0 Å². The van der Waals surface area contributed by atoms with Crippen LogP contribution in [0, 0.1) is 5.41 Å². The van der Waals surface area contributed by atoms with Crippen LogP contribution in [-0.2, 0) is 27.3 Å². The number of rotatable bonds is 8. The van der Waals surface area contributed by atoms with Crippen LogP contribution in [0.25, 0.3) is 11.1 Å². The van der Waals surface area contributed by atoms with E-state index in [4.69, 9.17) is 19.9 Å². The molecule has 0 bridgehead atoms. The van der Waals surface area contributed by atoms with Crippen molar-refractivity contribution in [3.63, 3.8) is 0 Å². The summed E-state index contributed by atoms with van der Waals surface area (Å²) < 4.78 is 16.8. The molecule has 1 atom stereocenters. The summed E-state index contributed by atoms with van der Waals surface area (Å²) in [7, 11) is 1.40. The fraction of sp³-hybridized carbons (Fsp3) is 0.367. The topological polar surface area (TPSA) is 74.0 Å². The van der Waals surface area contributed by atoms with Crippen LogP contribution in [0.5, 0.6) is 5.75 Å². The Hall–Kier alpha value is -3.35. The van der Waals surface area contributed by atoms with Crippen LogP contribution >= 0.6 is 0 Å². The number of ether oxygens (including phenoxy) is 3. The lowest BCUT2D eigenvalue weighted by molar-refractivity contribution is -0.139. The van der Waals surface area contributed by atoms with Crippen molar-refractivity contribution in [2.24, 2.45) is 11.1 Å². The van der Waals surface area contributed by atoms with Gasteiger partial charge in [0.05, 0.1) is 20.1 Å². The molecule has 0 aromatic heterocycles. The largest absolute Gasteiger partial charge is 0.489 e. The minimum Gasteiger partial charge on any atom is -0.489 e. The predicted molar refractivity (Wildman–Crippen MR) is 141 cm³/mol. The summed E-state index contributed by atoms with van der Waals surface area (Å²) in [4.78, 5) is 14.3. The van der Waals surface area contributed by atoms with Gasteiger partial charge in [-0.2, -0.15) is 0 Å². The van der Waals surface area contributed by atoms with Gasteiger partial charge in [-0.15, -0.1) is 0 Å². The summed E-state index contributed by atoms with van der Waals surface area (Å²) in [6.45, 7) is 6.14. The van der Waals surface area contributed by atoms with Gasteiger partial charge in [0.1, 0.15) is 12.4 Å². The molecule has 2 aliphatic rings. The van der Waals surface area contributed by atoms with Crippen LogP contribution in [0.1, 0.15) is 36.1 Å². The lowest BCUT2D eigenvalue weighted by Crippen LogP contribution is -2.57. The Morgan fingerprint density at radius 1 is 1.08 bits per heavy atom. The Morgan fingerprint density at radius 2 is 1.92 bits per heavy atom. The Morgan fingerprint density at radius 3 is 2.67 bits per heavy atom. The van der Waals surface area contributed by atoms with Crippen molar-refractivity contribution in [1.29, 1.82) is 0 Å². The van der Waals surface area contributed by atoms with Gasteiger partial charge in [0.15, 0.2) is 0 Å². The van der Waals surface area contributed by atoms with Gasteiger partial charge in [0.2, 0.25) is 0 Å². The average Bonchev–Trinajstić information content (AvgIpc) is 3.38. The van der Waals surface area contributed by atoms with Gasteiger partial charge in [-0.05, 0) is 65.9 Å². The zero-order chi connectivity index (χ0) is 25.1. The van der Waals surface area contributed by atoms with Crippen molar-refractivity contribution < 1.29 is 19.0 Å². The highest BCUT2D eigenvalue weighted by atomic mass is 16.5. The molecule has 2 saturated heterocycles. The number of carbonyl (C=O) groups excluding carboxylic acids is 1. The molecule has 6 nitrogen and oxygen atoms in total. The molecule has 0 saturated carbocycles. The molecule has 1 unspecified atom stereocenters. The summed E-state index contributed by atoms with van der Waals surface area (Å²) in [6, 6.07) is 22.7. The minimum atomic E-state index is -0.285. The molecule has 6 heteroatoms. The van der Waals surface area contributed by atoms with Crippen LogP contribution in [0.4, 0.5) is 5.69 Å². The van der Waals surface area contributed by atoms with E-state index < -0.39 is 0 Å². The molecule has 3 aromatic rings. The van der Waals surface area contributed by atoms with Gasteiger partial charge in [-0.25, -0.2) is 0 Å². The van der Waals surface area contributed by atoms with Gasteiger partial charge in [0, 0.05) is 42.4 Å². The van der Waals surface area contributed by atoms with Gasteiger partial charge in [0.25, 0.3) is 0 Å².